The van der Waals surface area contributed by atoms with Crippen molar-refractivity contribution in [3.8, 4) is 0 Å². The zero-order chi connectivity index (χ0) is 20.1. The Hall–Kier alpha value is -2.58. The number of likely N-dealkylation sites (tertiary alicyclic amines) is 1. The highest BCUT2D eigenvalue weighted by atomic mass is 35.5. The molecular weight excluding hydrogens is 378 g/mol. The number of halogens is 1. The summed E-state index contributed by atoms with van der Waals surface area (Å²) in [5, 5.41) is 0.753. The van der Waals surface area contributed by atoms with Gasteiger partial charge in [-0.1, -0.05) is 90.8 Å². The molecule has 1 fully saturated rings. The zero-order valence-corrected chi connectivity index (χ0v) is 17.3. The summed E-state index contributed by atoms with van der Waals surface area (Å²) in [6.07, 6.45) is 3.29. The van der Waals surface area contributed by atoms with Crippen LogP contribution in [-0.2, 0) is 4.79 Å². The number of carbonyl (C=O) groups excluding carboxylic acids is 1. The van der Waals surface area contributed by atoms with Crippen molar-refractivity contribution < 1.29 is 4.79 Å². The summed E-state index contributed by atoms with van der Waals surface area (Å²) < 4.78 is 0. The number of amides is 1. The van der Waals surface area contributed by atoms with Crippen molar-refractivity contribution in [2.75, 3.05) is 13.1 Å². The van der Waals surface area contributed by atoms with E-state index in [0.717, 1.165) is 48.5 Å². The first-order valence-corrected chi connectivity index (χ1v) is 10.7. The molecule has 1 amide bonds. The first-order valence-electron chi connectivity index (χ1n) is 10.4. The summed E-state index contributed by atoms with van der Waals surface area (Å²) in [4.78, 5) is 15.9. The Balaban J connectivity index is 1.63. The standard InChI is InChI=1S/C26H26ClNO/c27-24-16-14-20(15-17-24)23-13-7-8-18-28(19-23)26(29)25(21-9-3-1-4-10-21)22-11-5-2-6-12-22/h1-6,9-12,14-17,23,25H,7-8,13,18-19H2. The van der Waals surface area contributed by atoms with Crippen LogP contribution in [-0.4, -0.2) is 23.9 Å². The van der Waals surface area contributed by atoms with Crippen LogP contribution in [0, 0.1) is 0 Å². The van der Waals surface area contributed by atoms with Gasteiger partial charge in [-0.2, -0.15) is 0 Å². The molecule has 1 aliphatic heterocycles. The fourth-order valence-corrected chi connectivity index (χ4v) is 4.43. The second-order valence-corrected chi connectivity index (χ2v) is 8.22. The molecule has 4 rings (SSSR count). The van der Waals surface area contributed by atoms with Crippen LogP contribution in [0.15, 0.2) is 84.9 Å². The molecule has 0 bridgehead atoms. The zero-order valence-electron chi connectivity index (χ0n) is 16.5. The van der Waals surface area contributed by atoms with Gasteiger partial charge in [0.2, 0.25) is 5.91 Å². The van der Waals surface area contributed by atoms with Crippen LogP contribution in [0.1, 0.15) is 47.8 Å². The summed E-state index contributed by atoms with van der Waals surface area (Å²) in [6.45, 7) is 1.58. The number of rotatable bonds is 4. The Morgan fingerprint density at radius 3 is 2.00 bits per heavy atom. The molecule has 1 saturated heterocycles. The summed E-state index contributed by atoms with van der Waals surface area (Å²) in [7, 11) is 0. The van der Waals surface area contributed by atoms with Gasteiger partial charge in [0.25, 0.3) is 0 Å². The van der Waals surface area contributed by atoms with Gasteiger partial charge < -0.3 is 4.90 Å². The van der Waals surface area contributed by atoms with E-state index in [-0.39, 0.29) is 11.8 Å². The Kier molecular flexibility index (Phi) is 6.31. The van der Waals surface area contributed by atoms with E-state index in [4.69, 9.17) is 11.6 Å². The predicted octanol–water partition coefficient (Wildman–Crippen LogP) is 6.27. The summed E-state index contributed by atoms with van der Waals surface area (Å²) in [5.74, 6) is 0.288. The number of hydrogen-bond acceptors (Lipinski definition) is 1. The Morgan fingerprint density at radius 2 is 1.41 bits per heavy atom. The molecule has 148 valence electrons. The molecule has 0 spiro atoms. The smallest absolute Gasteiger partial charge is 0.234 e. The van der Waals surface area contributed by atoms with Crippen molar-refractivity contribution in [2.45, 2.75) is 31.1 Å². The largest absolute Gasteiger partial charge is 0.341 e. The fraction of sp³-hybridized carbons (Fsp3) is 0.269. The van der Waals surface area contributed by atoms with Crippen molar-refractivity contribution in [2.24, 2.45) is 0 Å². The molecule has 1 heterocycles. The SMILES string of the molecule is O=C(C(c1ccccc1)c1ccccc1)N1CCCCC(c2ccc(Cl)cc2)C1. The third-order valence-corrected chi connectivity index (χ3v) is 6.09. The van der Waals surface area contributed by atoms with E-state index in [1.807, 2.05) is 48.5 Å². The van der Waals surface area contributed by atoms with E-state index in [2.05, 4.69) is 41.3 Å². The van der Waals surface area contributed by atoms with Gasteiger partial charge in [0.1, 0.15) is 0 Å². The fourth-order valence-electron chi connectivity index (χ4n) is 4.30. The summed E-state index contributed by atoms with van der Waals surface area (Å²) in [5.41, 5.74) is 3.37. The molecule has 1 atom stereocenters. The lowest BCUT2D eigenvalue weighted by Gasteiger charge is -2.29. The monoisotopic (exact) mass is 403 g/mol. The summed E-state index contributed by atoms with van der Waals surface area (Å²) >= 11 is 6.07. The molecule has 3 heteroatoms. The van der Waals surface area contributed by atoms with Crippen LogP contribution in [0.4, 0.5) is 0 Å². The van der Waals surface area contributed by atoms with Gasteiger partial charge in [-0.3, -0.25) is 4.79 Å². The Labute approximate surface area is 178 Å². The number of carbonyl (C=O) groups is 1. The third-order valence-electron chi connectivity index (χ3n) is 5.84. The van der Waals surface area contributed by atoms with Gasteiger partial charge >= 0.3 is 0 Å². The average molecular weight is 404 g/mol. The van der Waals surface area contributed by atoms with Gasteiger partial charge in [0.05, 0.1) is 5.92 Å². The van der Waals surface area contributed by atoms with Crippen LogP contribution < -0.4 is 0 Å². The van der Waals surface area contributed by atoms with Crippen LogP contribution in [0.5, 0.6) is 0 Å². The minimum atomic E-state index is -0.263. The van der Waals surface area contributed by atoms with E-state index in [1.165, 1.54) is 5.56 Å². The van der Waals surface area contributed by atoms with E-state index in [0.29, 0.717) is 5.92 Å². The molecule has 0 aliphatic carbocycles. The van der Waals surface area contributed by atoms with E-state index >= 15 is 0 Å². The van der Waals surface area contributed by atoms with Crippen molar-refractivity contribution >= 4 is 17.5 Å². The van der Waals surface area contributed by atoms with Gasteiger partial charge in [0.15, 0.2) is 0 Å². The topological polar surface area (TPSA) is 20.3 Å². The van der Waals surface area contributed by atoms with E-state index in [9.17, 15) is 4.79 Å². The highest BCUT2D eigenvalue weighted by Gasteiger charge is 2.30. The number of benzene rings is 3. The van der Waals surface area contributed by atoms with Crippen molar-refractivity contribution in [1.82, 2.24) is 4.90 Å². The van der Waals surface area contributed by atoms with Crippen LogP contribution >= 0.6 is 11.6 Å². The molecule has 0 radical (unpaired) electrons. The minimum absolute atomic E-state index is 0.197. The first kappa shape index (κ1) is 19.7. The summed E-state index contributed by atoms with van der Waals surface area (Å²) in [6, 6.07) is 28.4. The molecule has 1 aliphatic rings. The Bertz CT molecular complexity index is 884. The number of nitrogens with zero attached hydrogens (tertiary/aromatic N) is 1. The molecule has 3 aromatic rings. The second-order valence-electron chi connectivity index (χ2n) is 7.78. The van der Waals surface area contributed by atoms with Crippen molar-refractivity contribution in [3.05, 3.63) is 107 Å². The molecule has 2 nitrogen and oxygen atoms in total. The van der Waals surface area contributed by atoms with Crippen LogP contribution in [0.3, 0.4) is 0 Å². The highest BCUT2D eigenvalue weighted by molar-refractivity contribution is 6.30. The van der Waals surface area contributed by atoms with Gasteiger partial charge in [-0.25, -0.2) is 0 Å². The predicted molar refractivity (Wildman–Crippen MR) is 119 cm³/mol. The van der Waals surface area contributed by atoms with Gasteiger partial charge in [0, 0.05) is 24.0 Å². The quantitative estimate of drug-likeness (QED) is 0.502. The van der Waals surface area contributed by atoms with Crippen molar-refractivity contribution in [3.63, 3.8) is 0 Å². The Morgan fingerprint density at radius 1 is 0.828 bits per heavy atom. The van der Waals surface area contributed by atoms with E-state index < -0.39 is 0 Å². The molecular formula is C26H26ClNO. The molecule has 29 heavy (non-hydrogen) atoms. The lowest BCUT2D eigenvalue weighted by molar-refractivity contribution is -0.132. The first-order chi connectivity index (χ1) is 14.2. The molecule has 3 aromatic carbocycles. The molecule has 0 aromatic heterocycles. The maximum Gasteiger partial charge on any atom is 0.234 e. The second kappa shape index (κ2) is 9.28. The van der Waals surface area contributed by atoms with Gasteiger partial charge in [-0.15, -0.1) is 0 Å². The molecule has 0 N–H and O–H groups in total. The lowest BCUT2D eigenvalue weighted by Crippen LogP contribution is -2.38. The lowest BCUT2D eigenvalue weighted by atomic mass is 9.89. The minimum Gasteiger partial charge on any atom is -0.341 e. The van der Waals surface area contributed by atoms with Crippen molar-refractivity contribution in [1.29, 1.82) is 0 Å². The maximum absolute atomic E-state index is 13.8. The third kappa shape index (κ3) is 4.71. The average Bonchev–Trinajstić information content (AvgIpc) is 3.02. The van der Waals surface area contributed by atoms with Crippen LogP contribution in [0.25, 0.3) is 0 Å². The van der Waals surface area contributed by atoms with Crippen LogP contribution in [0.2, 0.25) is 5.02 Å². The highest BCUT2D eigenvalue weighted by Crippen LogP contribution is 2.32. The maximum atomic E-state index is 13.8. The van der Waals surface area contributed by atoms with E-state index in [1.54, 1.807) is 0 Å². The number of hydrogen-bond donors (Lipinski definition) is 0. The molecule has 1 unspecified atom stereocenters. The van der Waals surface area contributed by atoms with Gasteiger partial charge in [-0.05, 0) is 41.7 Å². The normalized spacial score (nSPS) is 17.2. The molecule has 0 saturated carbocycles.